The van der Waals surface area contributed by atoms with Crippen molar-refractivity contribution in [3.8, 4) is 5.75 Å². The molecular formula is C20H26N2O4. The minimum absolute atomic E-state index is 0.0300. The van der Waals surface area contributed by atoms with Crippen LogP contribution in [0, 0.1) is 6.92 Å². The molecule has 2 heterocycles. The number of rotatable bonds is 5. The van der Waals surface area contributed by atoms with Gasteiger partial charge in [0.2, 0.25) is 0 Å². The van der Waals surface area contributed by atoms with Crippen molar-refractivity contribution < 1.29 is 19.1 Å². The lowest BCUT2D eigenvalue weighted by Crippen LogP contribution is -2.35. The van der Waals surface area contributed by atoms with Gasteiger partial charge in [0.25, 0.3) is 5.91 Å². The lowest BCUT2D eigenvalue weighted by molar-refractivity contribution is 0.0756. The fourth-order valence-corrected chi connectivity index (χ4v) is 3.39. The lowest BCUT2D eigenvalue weighted by atomic mass is 10.1. The summed E-state index contributed by atoms with van der Waals surface area (Å²) in [6.45, 7) is 5.64. The van der Waals surface area contributed by atoms with Crippen LogP contribution in [-0.2, 0) is 13.2 Å². The molecule has 3 rings (SSSR count). The van der Waals surface area contributed by atoms with Crippen molar-refractivity contribution in [3.63, 3.8) is 0 Å². The topological polar surface area (TPSA) is 66.2 Å². The molecule has 2 aromatic rings. The highest BCUT2D eigenvalue weighted by atomic mass is 16.5. The van der Waals surface area contributed by atoms with E-state index in [4.69, 9.17) is 14.3 Å². The Morgan fingerprint density at radius 1 is 1.15 bits per heavy atom. The van der Waals surface area contributed by atoms with Crippen LogP contribution in [0.15, 0.2) is 34.7 Å². The molecule has 0 bridgehead atoms. The molecule has 1 aliphatic rings. The summed E-state index contributed by atoms with van der Waals surface area (Å²) in [6, 6.07) is 9.37. The van der Waals surface area contributed by atoms with Gasteiger partial charge in [-0.3, -0.25) is 9.69 Å². The monoisotopic (exact) mass is 358 g/mol. The third-order valence-electron chi connectivity index (χ3n) is 4.80. The van der Waals surface area contributed by atoms with E-state index in [0.717, 1.165) is 37.4 Å². The highest BCUT2D eigenvalue weighted by molar-refractivity contribution is 5.98. The van der Waals surface area contributed by atoms with Gasteiger partial charge >= 0.3 is 0 Å². The van der Waals surface area contributed by atoms with Gasteiger partial charge in [0.1, 0.15) is 23.9 Å². The van der Waals surface area contributed by atoms with Crippen LogP contribution in [0.1, 0.15) is 33.9 Å². The number of carbonyl (C=O) groups excluding carboxylic acids is 1. The van der Waals surface area contributed by atoms with Crippen LogP contribution in [0.4, 0.5) is 0 Å². The number of furan rings is 1. The Labute approximate surface area is 154 Å². The number of aryl methyl sites for hydroxylation is 1. The van der Waals surface area contributed by atoms with Crippen molar-refractivity contribution >= 4 is 5.91 Å². The van der Waals surface area contributed by atoms with Gasteiger partial charge in [0.05, 0.1) is 19.2 Å². The summed E-state index contributed by atoms with van der Waals surface area (Å²) in [4.78, 5) is 17.2. The summed E-state index contributed by atoms with van der Waals surface area (Å²) < 4.78 is 11.0. The van der Waals surface area contributed by atoms with Crippen molar-refractivity contribution in [2.45, 2.75) is 26.5 Å². The number of hydrogen-bond donors (Lipinski definition) is 1. The van der Waals surface area contributed by atoms with Crippen molar-refractivity contribution in [2.24, 2.45) is 0 Å². The maximum Gasteiger partial charge on any atom is 0.257 e. The largest absolute Gasteiger partial charge is 0.496 e. The van der Waals surface area contributed by atoms with E-state index in [1.54, 1.807) is 13.2 Å². The van der Waals surface area contributed by atoms with Crippen LogP contribution in [0.5, 0.6) is 5.75 Å². The molecule has 1 aliphatic heterocycles. The van der Waals surface area contributed by atoms with E-state index in [0.29, 0.717) is 30.2 Å². The third kappa shape index (κ3) is 4.08. The second kappa shape index (κ2) is 8.38. The molecule has 1 N–H and O–H groups in total. The molecule has 0 radical (unpaired) electrons. The fourth-order valence-electron chi connectivity index (χ4n) is 3.39. The lowest BCUT2D eigenvalue weighted by Gasteiger charge is -2.23. The molecule has 1 amide bonds. The van der Waals surface area contributed by atoms with Gasteiger partial charge in [-0.15, -0.1) is 0 Å². The SMILES string of the molecule is COc1cccc(C)c1C(=O)N1CCCN(Cc2ccc(CO)o2)CC1. The Kier molecular flexibility index (Phi) is 5.96. The van der Waals surface area contributed by atoms with Crippen molar-refractivity contribution in [1.82, 2.24) is 9.80 Å². The summed E-state index contributed by atoms with van der Waals surface area (Å²) in [5, 5.41) is 9.11. The first kappa shape index (κ1) is 18.5. The molecule has 0 atom stereocenters. The standard InChI is InChI=1S/C20H26N2O4/c1-15-5-3-6-18(25-2)19(15)20(24)22-10-4-9-21(11-12-22)13-16-7-8-17(14-23)26-16/h3,5-8,23H,4,9-14H2,1-2H3. The minimum atomic E-state index is -0.0828. The Balaban J connectivity index is 1.66. The maximum atomic E-state index is 13.0. The zero-order chi connectivity index (χ0) is 18.5. The highest BCUT2D eigenvalue weighted by Gasteiger charge is 2.24. The van der Waals surface area contributed by atoms with E-state index in [-0.39, 0.29) is 12.5 Å². The predicted molar refractivity (Wildman–Crippen MR) is 98.2 cm³/mol. The molecule has 6 heteroatoms. The Bertz CT molecular complexity index is 756. The zero-order valence-corrected chi connectivity index (χ0v) is 15.4. The molecule has 0 unspecified atom stereocenters. The number of aliphatic hydroxyl groups excluding tert-OH is 1. The first-order valence-corrected chi connectivity index (χ1v) is 8.96. The van der Waals surface area contributed by atoms with E-state index in [2.05, 4.69) is 4.90 Å². The summed E-state index contributed by atoms with van der Waals surface area (Å²) in [5.74, 6) is 2.08. The Morgan fingerprint density at radius 2 is 1.96 bits per heavy atom. The van der Waals surface area contributed by atoms with Gasteiger partial charge in [-0.05, 0) is 37.1 Å². The van der Waals surface area contributed by atoms with E-state index < -0.39 is 0 Å². The van der Waals surface area contributed by atoms with Crippen molar-refractivity contribution in [2.75, 3.05) is 33.3 Å². The first-order chi connectivity index (χ1) is 12.6. The summed E-state index contributed by atoms with van der Waals surface area (Å²) >= 11 is 0. The average molecular weight is 358 g/mol. The molecule has 26 heavy (non-hydrogen) atoms. The van der Waals surface area contributed by atoms with Crippen LogP contribution < -0.4 is 4.74 Å². The van der Waals surface area contributed by atoms with Crippen LogP contribution in [-0.4, -0.2) is 54.1 Å². The molecule has 1 aromatic heterocycles. The normalized spacial score (nSPS) is 15.7. The number of amides is 1. The van der Waals surface area contributed by atoms with Gasteiger partial charge in [-0.2, -0.15) is 0 Å². The van der Waals surface area contributed by atoms with Gasteiger partial charge in [-0.25, -0.2) is 0 Å². The number of carbonyl (C=O) groups is 1. The number of aliphatic hydroxyl groups is 1. The predicted octanol–water partition coefficient (Wildman–Crippen LogP) is 2.44. The smallest absolute Gasteiger partial charge is 0.257 e. The van der Waals surface area contributed by atoms with Crippen LogP contribution in [0.2, 0.25) is 0 Å². The summed E-state index contributed by atoms with van der Waals surface area (Å²) in [5.41, 5.74) is 1.59. The summed E-state index contributed by atoms with van der Waals surface area (Å²) in [7, 11) is 1.60. The minimum Gasteiger partial charge on any atom is -0.496 e. The molecular weight excluding hydrogens is 332 g/mol. The van der Waals surface area contributed by atoms with Crippen LogP contribution in [0.25, 0.3) is 0 Å². The fraction of sp³-hybridized carbons (Fsp3) is 0.450. The molecule has 1 aromatic carbocycles. The van der Waals surface area contributed by atoms with Crippen LogP contribution >= 0.6 is 0 Å². The van der Waals surface area contributed by atoms with Crippen LogP contribution in [0.3, 0.4) is 0 Å². The Morgan fingerprint density at radius 3 is 2.69 bits per heavy atom. The molecule has 0 saturated carbocycles. The average Bonchev–Trinajstić information content (AvgIpc) is 2.97. The third-order valence-corrected chi connectivity index (χ3v) is 4.80. The molecule has 1 saturated heterocycles. The van der Waals surface area contributed by atoms with Gasteiger partial charge in [-0.1, -0.05) is 12.1 Å². The van der Waals surface area contributed by atoms with Gasteiger partial charge in [0, 0.05) is 26.2 Å². The van der Waals surface area contributed by atoms with E-state index in [9.17, 15) is 4.79 Å². The highest BCUT2D eigenvalue weighted by Crippen LogP contribution is 2.24. The van der Waals surface area contributed by atoms with Gasteiger partial charge in [0.15, 0.2) is 0 Å². The number of benzene rings is 1. The quantitative estimate of drug-likeness (QED) is 0.889. The first-order valence-electron chi connectivity index (χ1n) is 8.96. The molecule has 6 nitrogen and oxygen atoms in total. The molecule has 0 spiro atoms. The maximum absolute atomic E-state index is 13.0. The van der Waals surface area contributed by atoms with E-state index in [1.807, 2.05) is 36.1 Å². The van der Waals surface area contributed by atoms with E-state index >= 15 is 0 Å². The Hall–Kier alpha value is -2.31. The van der Waals surface area contributed by atoms with Crippen molar-refractivity contribution in [1.29, 1.82) is 0 Å². The number of ether oxygens (including phenoxy) is 1. The number of methoxy groups -OCH3 is 1. The van der Waals surface area contributed by atoms with E-state index in [1.165, 1.54) is 0 Å². The second-order valence-electron chi connectivity index (χ2n) is 6.60. The molecule has 140 valence electrons. The molecule has 1 fully saturated rings. The second-order valence-corrected chi connectivity index (χ2v) is 6.60. The number of nitrogens with zero attached hydrogens (tertiary/aromatic N) is 2. The van der Waals surface area contributed by atoms with Crippen molar-refractivity contribution in [3.05, 3.63) is 53.0 Å². The number of hydrogen-bond acceptors (Lipinski definition) is 5. The molecule has 0 aliphatic carbocycles. The summed E-state index contributed by atoms with van der Waals surface area (Å²) in [6.07, 6.45) is 0.910. The zero-order valence-electron chi connectivity index (χ0n) is 15.4. The van der Waals surface area contributed by atoms with Gasteiger partial charge < -0.3 is 19.2 Å².